The average Bonchev–Trinajstić information content (AvgIpc) is 2.32. The Morgan fingerprint density at radius 2 is 1.53 bits per heavy atom. The standard InChI is InChI=1S/C14H11F4N/c1-8(14-10(16)3-2-4-11(14)17)19-13-6-5-9(15)7-12(13)18/h2-8,19H,1H3. The molecular formula is C14H11F4N. The van der Waals surface area contributed by atoms with Gasteiger partial charge in [-0.2, -0.15) is 0 Å². The zero-order chi connectivity index (χ0) is 14.0. The number of nitrogens with one attached hydrogen (secondary N) is 1. The van der Waals surface area contributed by atoms with Crippen LogP contribution in [0.3, 0.4) is 0 Å². The summed E-state index contributed by atoms with van der Waals surface area (Å²) in [6, 6.07) is 5.65. The van der Waals surface area contributed by atoms with Crippen molar-refractivity contribution in [2.24, 2.45) is 0 Å². The summed E-state index contributed by atoms with van der Waals surface area (Å²) in [7, 11) is 0. The first kappa shape index (κ1) is 13.4. The van der Waals surface area contributed by atoms with Crippen molar-refractivity contribution in [1.82, 2.24) is 0 Å². The van der Waals surface area contributed by atoms with Crippen LogP contribution in [0.4, 0.5) is 23.2 Å². The van der Waals surface area contributed by atoms with Crippen molar-refractivity contribution in [3.8, 4) is 0 Å². The van der Waals surface area contributed by atoms with Gasteiger partial charge in [-0.3, -0.25) is 0 Å². The third-order valence-corrected chi connectivity index (χ3v) is 2.74. The van der Waals surface area contributed by atoms with Gasteiger partial charge in [0.15, 0.2) is 0 Å². The molecule has 0 radical (unpaired) electrons. The maximum Gasteiger partial charge on any atom is 0.149 e. The highest BCUT2D eigenvalue weighted by Gasteiger charge is 2.17. The van der Waals surface area contributed by atoms with E-state index in [0.717, 1.165) is 18.2 Å². The third kappa shape index (κ3) is 2.86. The second-order valence-corrected chi connectivity index (χ2v) is 4.13. The highest BCUT2D eigenvalue weighted by molar-refractivity contribution is 5.47. The predicted octanol–water partition coefficient (Wildman–Crippen LogP) is 4.42. The fourth-order valence-corrected chi connectivity index (χ4v) is 1.84. The van der Waals surface area contributed by atoms with Crippen molar-refractivity contribution in [1.29, 1.82) is 0 Å². The first-order valence-corrected chi connectivity index (χ1v) is 5.64. The van der Waals surface area contributed by atoms with Gasteiger partial charge in [0.05, 0.1) is 11.7 Å². The molecule has 19 heavy (non-hydrogen) atoms. The molecule has 2 aromatic carbocycles. The summed E-state index contributed by atoms with van der Waals surface area (Å²) in [5.41, 5.74) is -0.206. The van der Waals surface area contributed by atoms with E-state index in [1.54, 1.807) is 0 Å². The van der Waals surface area contributed by atoms with Crippen LogP contribution >= 0.6 is 0 Å². The van der Waals surface area contributed by atoms with E-state index in [4.69, 9.17) is 0 Å². The number of hydrogen-bond donors (Lipinski definition) is 1. The number of halogens is 4. The Hall–Kier alpha value is -2.04. The summed E-state index contributed by atoms with van der Waals surface area (Å²) < 4.78 is 53.3. The van der Waals surface area contributed by atoms with Gasteiger partial charge in [0.1, 0.15) is 23.3 Å². The molecule has 100 valence electrons. The highest BCUT2D eigenvalue weighted by Crippen LogP contribution is 2.25. The molecule has 5 heteroatoms. The second-order valence-electron chi connectivity index (χ2n) is 4.13. The molecule has 0 fully saturated rings. The Bertz CT molecular complexity index is 578. The van der Waals surface area contributed by atoms with Crippen molar-refractivity contribution in [3.05, 3.63) is 65.2 Å². The van der Waals surface area contributed by atoms with E-state index in [0.29, 0.717) is 6.07 Å². The van der Waals surface area contributed by atoms with E-state index in [9.17, 15) is 17.6 Å². The lowest BCUT2D eigenvalue weighted by Crippen LogP contribution is -2.12. The normalized spacial score (nSPS) is 12.3. The highest BCUT2D eigenvalue weighted by atomic mass is 19.1. The van der Waals surface area contributed by atoms with Crippen molar-refractivity contribution in [2.45, 2.75) is 13.0 Å². The Morgan fingerprint density at radius 1 is 0.895 bits per heavy atom. The van der Waals surface area contributed by atoms with Gasteiger partial charge in [0.2, 0.25) is 0 Å². The SMILES string of the molecule is CC(Nc1ccc(F)cc1F)c1c(F)cccc1F. The maximum atomic E-state index is 13.5. The van der Waals surface area contributed by atoms with Crippen LogP contribution in [0.25, 0.3) is 0 Å². The Labute approximate surface area is 107 Å². The Balaban J connectivity index is 2.28. The minimum atomic E-state index is -0.816. The molecule has 0 aromatic heterocycles. The molecule has 0 aliphatic heterocycles. The topological polar surface area (TPSA) is 12.0 Å². The summed E-state index contributed by atoms with van der Waals surface area (Å²) in [6.07, 6.45) is 0. The van der Waals surface area contributed by atoms with Crippen molar-refractivity contribution >= 4 is 5.69 Å². The van der Waals surface area contributed by atoms with Gasteiger partial charge in [-0.05, 0) is 31.2 Å². The van der Waals surface area contributed by atoms with Gasteiger partial charge in [0, 0.05) is 11.6 Å². The number of benzene rings is 2. The molecule has 2 aromatic rings. The van der Waals surface area contributed by atoms with Crippen LogP contribution in [0.15, 0.2) is 36.4 Å². The molecule has 1 unspecified atom stereocenters. The van der Waals surface area contributed by atoms with Gasteiger partial charge in [-0.15, -0.1) is 0 Å². The lowest BCUT2D eigenvalue weighted by molar-refractivity contribution is 0.541. The number of rotatable bonds is 3. The lowest BCUT2D eigenvalue weighted by Gasteiger charge is -2.17. The molecule has 1 nitrogen and oxygen atoms in total. The summed E-state index contributed by atoms with van der Waals surface area (Å²) >= 11 is 0. The minimum absolute atomic E-state index is 0.0171. The molecule has 0 saturated carbocycles. The van der Waals surface area contributed by atoms with Gasteiger partial charge in [-0.1, -0.05) is 6.07 Å². The minimum Gasteiger partial charge on any atom is -0.376 e. The van der Waals surface area contributed by atoms with Crippen LogP contribution in [-0.2, 0) is 0 Å². The molecule has 1 N–H and O–H groups in total. The molecule has 0 bridgehead atoms. The monoisotopic (exact) mass is 269 g/mol. The summed E-state index contributed by atoms with van der Waals surface area (Å²) in [5, 5.41) is 2.61. The van der Waals surface area contributed by atoms with Crippen molar-refractivity contribution in [3.63, 3.8) is 0 Å². The predicted molar refractivity (Wildman–Crippen MR) is 64.8 cm³/mol. The van der Waals surface area contributed by atoms with Gasteiger partial charge in [0.25, 0.3) is 0 Å². The molecule has 1 atom stereocenters. The van der Waals surface area contributed by atoms with Gasteiger partial charge in [-0.25, -0.2) is 17.6 Å². The van der Waals surface area contributed by atoms with Crippen LogP contribution in [0, 0.1) is 23.3 Å². The molecule has 0 saturated heterocycles. The van der Waals surface area contributed by atoms with E-state index in [1.165, 1.54) is 19.1 Å². The van der Waals surface area contributed by atoms with E-state index in [2.05, 4.69) is 5.32 Å². The zero-order valence-corrected chi connectivity index (χ0v) is 10.1. The summed E-state index contributed by atoms with van der Waals surface area (Å²) in [5.74, 6) is -2.97. The van der Waals surface area contributed by atoms with Crippen LogP contribution in [0.5, 0.6) is 0 Å². The molecule has 0 aliphatic rings. The maximum absolute atomic E-state index is 13.5. The quantitative estimate of drug-likeness (QED) is 0.813. The molecule has 0 spiro atoms. The van der Waals surface area contributed by atoms with Crippen molar-refractivity contribution in [2.75, 3.05) is 5.32 Å². The van der Waals surface area contributed by atoms with E-state index in [-0.39, 0.29) is 11.3 Å². The first-order chi connectivity index (χ1) is 8.99. The smallest absolute Gasteiger partial charge is 0.149 e. The molecule has 0 heterocycles. The third-order valence-electron chi connectivity index (χ3n) is 2.74. The lowest BCUT2D eigenvalue weighted by atomic mass is 10.1. The van der Waals surface area contributed by atoms with Gasteiger partial charge >= 0.3 is 0 Å². The summed E-state index contributed by atoms with van der Waals surface area (Å²) in [4.78, 5) is 0. The van der Waals surface area contributed by atoms with Crippen LogP contribution in [0.2, 0.25) is 0 Å². The number of hydrogen-bond acceptors (Lipinski definition) is 1. The van der Waals surface area contributed by atoms with Gasteiger partial charge < -0.3 is 5.32 Å². The number of anilines is 1. The molecule has 0 amide bonds. The molecule has 2 rings (SSSR count). The molecule has 0 aliphatic carbocycles. The summed E-state index contributed by atoms with van der Waals surface area (Å²) in [6.45, 7) is 1.49. The van der Waals surface area contributed by atoms with Crippen LogP contribution in [0.1, 0.15) is 18.5 Å². The van der Waals surface area contributed by atoms with Crippen LogP contribution in [-0.4, -0.2) is 0 Å². The van der Waals surface area contributed by atoms with E-state index < -0.39 is 29.3 Å². The Morgan fingerprint density at radius 3 is 2.11 bits per heavy atom. The van der Waals surface area contributed by atoms with E-state index >= 15 is 0 Å². The fraction of sp³-hybridized carbons (Fsp3) is 0.143. The Kier molecular flexibility index (Phi) is 3.74. The van der Waals surface area contributed by atoms with E-state index in [1.807, 2.05) is 0 Å². The molecular weight excluding hydrogens is 258 g/mol. The average molecular weight is 269 g/mol. The fourth-order valence-electron chi connectivity index (χ4n) is 1.84. The first-order valence-electron chi connectivity index (χ1n) is 5.64. The second kappa shape index (κ2) is 5.30. The van der Waals surface area contributed by atoms with Crippen molar-refractivity contribution < 1.29 is 17.6 Å². The zero-order valence-electron chi connectivity index (χ0n) is 10.1. The largest absolute Gasteiger partial charge is 0.376 e. The van der Waals surface area contributed by atoms with Crippen LogP contribution < -0.4 is 5.32 Å².